The summed E-state index contributed by atoms with van der Waals surface area (Å²) in [7, 11) is 1.49. The van der Waals surface area contributed by atoms with Gasteiger partial charge in [-0.15, -0.1) is 0 Å². The van der Waals surface area contributed by atoms with Crippen molar-refractivity contribution in [2.24, 2.45) is 0 Å². The van der Waals surface area contributed by atoms with Crippen molar-refractivity contribution in [3.63, 3.8) is 0 Å². The highest BCUT2D eigenvalue weighted by Crippen LogP contribution is 2.24. The molecule has 0 saturated carbocycles. The zero-order valence-corrected chi connectivity index (χ0v) is 13.6. The van der Waals surface area contributed by atoms with Gasteiger partial charge in [0.25, 0.3) is 0 Å². The monoisotopic (exact) mass is 294 g/mol. The molecule has 0 spiro atoms. The van der Waals surface area contributed by atoms with E-state index in [4.69, 9.17) is 4.74 Å². The fourth-order valence-corrected chi connectivity index (χ4v) is 2.99. The number of methoxy groups -OCH3 is 1. The first-order chi connectivity index (χ1) is 10.0. The molecule has 0 amide bonds. The van der Waals surface area contributed by atoms with Gasteiger partial charge in [-0.1, -0.05) is 19.9 Å². The molecule has 2 unspecified atom stereocenters. The zero-order valence-electron chi connectivity index (χ0n) is 13.6. The third kappa shape index (κ3) is 3.74. The van der Waals surface area contributed by atoms with Gasteiger partial charge < -0.3 is 10.1 Å². The van der Waals surface area contributed by atoms with Crippen LogP contribution in [0, 0.1) is 5.82 Å². The molecule has 1 aromatic carbocycles. The highest BCUT2D eigenvalue weighted by molar-refractivity contribution is 5.29. The van der Waals surface area contributed by atoms with Crippen molar-refractivity contribution >= 4 is 0 Å². The number of benzene rings is 1. The van der Waals surface area contributed by atoms with Gasteiger partial charge in [-0.3, -0.25) is 4.90 Å². The summed E-state index contributed by atoms with van der Waals surface area (Å²) >= 11 is 0. The topological polar surface area (TPSA) is 24.5 Å². The summed E-state index contributed by atoms with van der Waals surface area (Å²) in [4.78, 5) is 2.47. The highest BCUT2D eigenvalue weighted by Gasteiger charge is 2.33. The Morgan fingerprint density at radius 1 is 1.43 bits per heavy atom. The molecule has 0 radical (unpaired) electrons. The number of hydrogen-bond acceptors (Lipinski definition) is 3. The van der Waals surface area contributed by atoms with Gasteiger partial charge in [0, 0.05) is 31.2 Å². The minimum absolute atomic E-state index is 0.149. The van der Waals surface area contributed by atoms with Gasteiger partial charge in [0.2, 0.25) is 0 Å². The van der Waals surface area contributed by atoms with Gasteiger partial charge in [-0.2, -0.15) is 0 Å². The van der Waals surface area contributed by atoms with E-state index in [2.05, 4.69) is 31.0 Å². The summed E-state index contributed by atoms with van der Waals surface area (Å²) in [6.45, 7) is 9.47. The van der Waals surface area contributed by atoms with Crippen LogP contribution < -0.4 is 10.1 Å². The smallest absolute Gasteiger partial charge is 0.165 e. The van der Waals surface area contributed by atoms with Crippen LogP contribution in [-0.4, -0.2) is 36.7 Å². The molecule has 1 saturated heterocycles. The van der Waals surface area contributed by atoms with E-state index in [9.17, 15) is 4.39 Å². The first-order valence-corrected chi connectivity index (χ1v) is 7.82. The van der Waals surface area contributed by atoms with E-state index >= 15 is 0 Å². The summed E-state index contributed by atoms with van der Waals surface area (Å²) in [5, 5.41) is 3.66. The molecule has 4 heteroatoms. The summed E-state index contributed by atoms with van der Waals surface area (Å²) in [5.74, 6) is 0.0286. The van der Waals surface area contributed by atoms with Crippen LogP contribution in [0.1, 0.15) is 39.2 Å². The first-order valence-electron chi connectivity index (χ1n) is 7.82. The lowest BCUT2D eigenvalue weighted by Crippen LogP contribution is -2.62. The molecular formula is C17H27FN2O. The van der Waals surface area contributed by atoms with Crippen LogP contribution in [0.2, 0.25) is 0 Å². The van der Waals surface area contributed by atoms with Crippen molar-refractivity contribution in [2.45, 2.75) is 51.7 Å². The second-order valence-corrected chi connectivity index (χ2v) is 6.23. The fraction of sp³-hybridized carbons (Fsp3) is 0.647. The molecule has 0 aliphatic carbocycles. The lowest BCUT2D eigenvalue weighted by molar-refractivity contribution is 0.0754. The Bertz CT molecular complexity index is 480. The molecule has 118 valence electrons. The van der Waals surface area contributed by atoms with Crippen molar-refractivity contribution in [1.82, 2.24) is 10.2 Å². The Hall–Kier alpha value is -1.13. The second kappa shape index (κ2) is 6.75. The van der Waals surface area contributed by atoms with Crippen LogP contribution in [0.5, 0.6) is 5.75 Å². The summed E-state index contributed by atoms with van der Waals surface area (Å²) in [5.41, 5.74) is 1.16. The minimum Gasteiger partial charge on any atom is -0.494 e. The largest absolute Gasteiger partial charge is 0.494 e. The third-order valence-corrected chi connectivity index (χ3v) is 4.69. The molecule has 2 atom stereocenters. The van der Waals surface area contributed by atoms with Crippen LogP contribution in [0.4, 0.5) is 4.39 Å². The van der Waals surface area contributed by atoms with Crippen molar-refractivity contribution in [2.75, 3.05) is 20.2 Å². The molecule has 1 aromatic rings. The maximum atomic E-state index is 13.8. The van der Waals surface area contributed by atoms with E-state index < -0.39 is 0 Å². The molecule has 0 aromatic heterocycles. The molecule has 1 N–H and O–H groups in total. The van der Waals surface area contributed by atoms with Gasteiger partial charge in [0.05, 0.1) is 7.11 Å². The van der Waals surface area contributed by atoms with Crippen molar-refractivity contribution < 1.29 is 9.13 Å². The van der Waals surface area contributed by atoms with Gasteiger partial charge in [-0.25, -0.2) is 4.39 Å². The van der Waals surface area contributed by atoms with Crippen LogP contribution in [-0.2, 0) is 6.54 Å². The first kappa shape index (κ1) is 16.2. The maximum absolute atomic E-state index is 13.8. The van der Waals surface area contributed by atoms with E-state index in [1.807, 2.05) is 6.07 Å². The van der Waals surface area contributed by atoms with Crippen molar-refractivity contribution in [3.05, 3.63) is 29.6 Å². The normalized spacial score (nSPS) is 26.8. The molecule has 3 nitrogen and oxygen atoms in total. The Morgan fingerprint density at radius 2 is 2.19 bits per heavy atom. The molecule has 1 heterocycles. The molecule has 21 heavy (non-hydrogen) atoms. The van der Waals surface area contributed by atoms with Crippen LogP contribution in [0.3, 0.4) is 0 Å². The van der Waals surface area contributed by atoms with E-state index in [-0.39, 0.29) is 11.4 Å². The van der Waals surface area contributed by atoms with Gasteiger partial charge >= 0.3 is 0 Å². The predicted molar refractivity (Wildman–Crippen MR) is 84.1 cm³/mol. The third-order valence-electron chi connectivity index (χ3n) is 4.69. The number of nitrogens with one attached hydrogen (secondary N) is 1. The number of rotatable bonds is 5. The van der Waals surface area contributed by atoms with Crippen molar-refractivity contribution in [1.29, 1.82) is 0 Å². The number of nitrogens with zero attached hydrogens (tertiary/aromatic N) is 1. The Labute approximate surface area is 127 Å². The molecule has 1 aliphatic heterocycles. The maximum Gasteiger partial charge on any atom is 0.165 e. The summed E-state index contributed by atoms with van der Waals surface area (Å²) in [6, 6.07) is 5.78. The SMILES string of the molecule is CCC1CNC(C)(CC)CN1Cc1ccc(OC)c(F)c1. The lowest BCUT2D eigenvalue weighted by atomic mass is 9.92. The van der Waals surface area contributed by atoms with E-state index in [0.29, 0.717) is 11.8 Å². The quantitative estimate of drug-likeness (QED) is 0.902. The van der Waals surface area contributed by atoms with Crippen LogP contribution in [0.15, 0.2) is 18.2 Å². The molecule has 1 fully saturated rings. The summed E-state index contributed by atoms with van der Waals surface area (Å²) < 4.78 is 18.8. The van der Waals surface area contributed by atoms with E-state index in [1.165, 1.54) is 7.11 Å². The van der Waals surface area contributed by atoms with Gasteiger partial charge in [0.1, 0.15) is 0 Å². The average molecular weight is 294 g/mol. The minimum atomic E-state index is -0.281. The van der Waals surface area contributed by atoms with Gasteiger partial charge in [-0.05, 0) is 37.5 Å². The van der Waals surface area contributed by atoms with Crippen LogP contribution in [0.25, 0.3) is 0 Å². The van der Waals surface area contributed by atoms with Crippen LogP contribution >= 0.6 is 0 Å². The number of halogens is 1. The lowest BCUT2D eigenvalue weighted by Gasteiger charge is -2.46. The van der Waals surface area contributed by atoms with E-state index in [0.717, 1.165) is 38.0 Å². The number of ether oxygens (including phenoxy) is 1. The Morgan fingerprint density at radius 3 is 2.76 bits per heavy atom. The second-order valence-electron chi connectivity index (χ2n) is 6.23. The summed E-state index contributed by atoms with van der Waals surface area (Å²) in [6.07, 6.45) is 2.20. The number of piperazine rings is 1. The fourth-order valence-electron chi connectivity index (χ4n) is 2.99. The van der Waals surface area contributed by atoms with Gasteiger partial charge in [0.15, 0.2) is 11.6 Å². The molecular weight excluding hydrogens is 267 g/mol. The van der Waals surface area contributed by atoms with E-state index in [1.54, 1.807) is 12.1 Å². The average Bonchev–Trinajstić information content (AvgIpc) is 2.48. The van der Waals surface area contributed by atoms with Crippen molar-refractivity contribution in [3.8, 4) is 5.75 Å². The molecule has 1 aliphatic rings. The predicted octanol–water partition coefficient (Wildman–Crippen LogP) is 3.19. The zero-order chi connectivity index (χ0) is 15.5. The number of hydrogen-bond donors (Lipinski definition) is 1. The molecule has 2 rings (SSSR count). The Balaban J connectivity index is 2.13. The highest BCUT2D eigenvalue weighted by atomic mass is 19.1. The standard InChI is InChI=1S/C17H27FN2O/c1-5-14-10-19-17(3,6-2)12-20(14)11-13-7-8-16(21-4)15(18)9-13/h7-9,14,19H,5-6,10-12H2,1-4H3. The Kier molecular flexibility index (Phi) is 5.22. The molecule has 0 bridgehead atoms.